The summed E-state index contributed by atoms with van der Waals surface area (Å²) in [6, 6.07) is -0.838. The highest BCUT2D eigenvalue weighted by molar-refractivity contribution is 7.45. The number of rotatable bonds is 70. The highest BCUT2D eigenvalue weighted by Crippen LogP contribution is 2.38. The Morgan fingerprint density at radius 2 is 0.656 bits per heavy atom. The molecule has 0 aromatic carbocycles. The van der Waals surface area contributed by atoms with Gasteiger partial charge in [0.25, 0.3) is 7.82 Å². The number of nitrogens with one attached hydrogen (secondary N) is 1. The number of aliphatic hydroxyl groups is 1. The summed E-state index contributed by atoms with van der Waals surface area (Å²) in [5.74, 6) is -0.208. The Morgan fingerprint density at radius 3 is 0.935 bits per heavy atom. The fraction of sp³-hybridized carbons (Fsp3) is 0.702. The van der Waals surface area contributed by atoms with Crippen LogP contribution in [0.25, 0.3) is 0 Å². The fourth-order valence-corrected chi connectivity index (χ4v) is 11.6. The normalized spacial score (nSPS) is 14.4. The Kier molecular flexibility index (Phi) is 69.8. The number of allylic oxidation sites excluding steroid dienone is 24. The second-order valence-corrected chi connectivity index (χ2v) is 28.4. The van der Waals surface area contributed by atoms with Crippen molar-refractivity contribution in [3.63, 3.8) is 0 Å². The van der Waals surface area contributed by atoms with Crippen molar-refractivity contribution in [1.82, 2.24) is 5.32 Å². The van der Waals surface area contributed by atoms with Crippen LogP contribution in [0.4, 0.5) is 0 Å². The van der Waals surface area contributed by atoms with E-state index in [-0.39, 0.29) is 19.1 Å². The number of hydrogen-bond acceptors (Lipinski definition) is 6. The Balaban J connectivity index is 4.14. The summed E-state index contributed by atoms with van der Waals surface area (Å²) in [6.07, 6.45) is 111. The van der Waals surface area contributed by atoms with Crippen LogP contribution >= 0.6 is 7.82 Å². The van der Waals surface area contributed by atoms with Gasteiger partial charge in [-0.05, 0) is 103 Å². The van der Waals surface area contributed by atoms with Crippen molar-refractivity contribution in [1.29, 1.82) is 0 Å². The summed E-state index contributed by atoms with van der Waals surface area (Å²) in [5.41, 5.74) is 0. The number of phosphoric acid groups is 1. The molecule has 3 unspecified atom stereocenters. The lowest BCUT2D eigenvalue weighted by molar-refractivity contribution is -0.870. The van der Waals surface area contributed by atoms with Gasteiger partial charge in [-0.1, -0.05) is 365 Å². The van der Waals surface area contributed by atoms with Crippen LogP contribution in [0.1, 0.15) is 328 Å². The zero-order valence-corrected chi connectivity index (χ0v) is 62.1. The van der Waals surface area contributed by atoms with Gasteiger partial charge in [0.15, 0.2) is 0 Å². The first-order valence-corrected chi connectivity index (χ1v) is 40.1. The zero-order valence-electron chi connectivity index (χ0n) is 61.2. The minimum Gasteiger partial charge on any atom is -0.756 e. The van der Waals surface area contributed by atoms with Crippen LogP contribution in [-0.2, 0) is 18.4 Å². The molecule has 0 saturated heterocycles. The molecule has 0 bridgehead atoms. The number of unbranched alkanes of at least 4 members (excludes halogenated alkanes) is 33. The van der Waals surface area contributed by atoms with E-state index in [0.29, 0.717) is 30.3 Å². The van der Waals surface area contributed by atoms with Gasteiger partial charge in [-0.25, -0.2) is 0 Å². The fourth-order valence-electron chi connectivity index (χ4n) is 10.9. The molecule has 1 amide bonds. The molecule has 2 N–H and O–H groups in total. The highest BCUT2D eigenvalue weighted by Gasteiger charge is 2.24. The maximum atomic E-state index is 13.1. The molecule has 0 saturated carbocycles. The predicted molar refractivity (Wildman–Crippen MR) is 408 cm³/mol. The monoisotopic (exact) mass is 1310 g/mol. The molecule has 0 spiro atoms. The van der Waals surface area contributed by atoms with E-state index in [1.54, 1.807) is 0 Å². The Hall–Kier alpha value is -3.62. The van der Waals surface area contributed by atoms with Crippen LogP contribution in [0, 0.1) is 0 Å². The molecule has 0 aliphatic carbocycles. The van der Waals surface area contributed by atoms with E-state index in [9.17, 15) is 19.4 Å². The van der Waals surface area contributed by atoms with E-state index in [1.165, 1.54) is 186 Å². The molecule has 0 aliphatic rings. The lowest BCUT2D eigenvalue weighted by atomic mass is 10.0. The quantitative estimate of drug-likeness (QED) is 0.0272. The van der Waals surface area contributed by atoms with E-state index in [4.69, 9.17) is 9.05 Å². The van der Waals surface area contributed by atoms with Gasteiger partial charge in [-0.15, -0.1) is 0 Å². The smallest absolute Gasteiger partial charge is 0.268 e. The number of likely N-dealkylation sites (N-methyl/N-ethyl adjacent to an activating group) is 1. The van der Waals surface area contributed by atoms with Crippen molar-refractivity contribution in [3.05, 3.63) is 146 Å². The minimum absolute atomic E-state index is 0.00353. The van der Waals surface area contributed by atoms with Gasteiger partial charge in [0, 0.05) is 6.42 Å². The van der Waals surface area contributed by atoms with E-state index < -0.39 is 20.0 Å². The van der Waals surface area contributed by atoms with Crippen LogP contribution in [0.5, 0.6) is 0 Å². The van der Waals surface area contributed by atoms with Gasteiger partial charge >= 0.3 is 0 Å². The summed E-state index contributed by atoms with van der Waals surface area (Å²) in [4.78, 5) is 25.7. The molecule has 9 heteroatoms. The molecule has 0 aliphatic heterocycles. The Morgan fingerprint density at radius 1 is 0.387 bits per heavy atom. The molecule has 534 valence electrons. The van der Waals surface area contributed by atoms with Crippen LogP contribution < -0.4 is 10.2 Å². The summed E-state index contributed by atoms with van der Waals surface area (Å²) in [6.45, 7) is 4.60. The van der Waals surface area contributed by atoms with E-state index in [0.717, 1.165) is 109 Å². The van der Waals surface area contributed by atoms with Crippen molar-refractivity contribution in [3.8, 4) is 0 Å². The molecule has 0 fully saturated rings. The number of nitrogens with zero attached hydrogens (tertiary/aromatic N) is 1. The maximum absolute atomic E-state index is 13.1. The summed E-state index contributed by atoms with van der Waals surface area (Å²) in [5, 5.41) is 14.1. The molecule has 0 heterocycles. The number of carbonyl (C=O) groups excluding carboxylic acids is 1. The highest BCUT2D eigenvalue weighted by atomic mass is 31.2. The molecule has 3 atom stereocenters. The van der Waals surface area contributed by atoms with Gasteiger partial charge in [0.2, 0.25) is 5.91 Å². The third-order valence-corrected chi connectivity index (χ3v) is 17.8. The standard InChI is InChI=1S/C84H147N2O6P/c1-6-8-10-12-14-16-18-20-22-24-26-28-30-32-34-36-38-40-41-42-43-44-45-46-48-50-52-54-56-58-60-62-64-66-68-70-72-74-76-78-84(88)85-82(81-92-93(89,90)91-80-79-86(3,4)5)83(87)77-75-73-71-69-67-65-63-61-59-57-55-53-51-49-47-39-37-35-33-31-29-27-25-23-21-19-17-15-13-11-9-7-2/h8,10,14,16,20,22,26,28,32,34,38,40,42-43,45-46,50,52,56,58,62,64,68,70,82-83,87H,6-7,9,11-13,15,17-19,21,23-25,27,29-31,33,35-37,39,41,44,47-49,51,53-55,57,59-61,63,65-67,69,71-81H2,1-5H3,(H-,85,88,89,90)/b10-8-,16-14-,22-20-,28-26-,34-32-,40-38-,43-42-,46-45-,52-50-,58-56-,64-62-,70-68-. The lowest BCUT2D eigenvalue weighted by Crippen LogP contribution is -2.46. The molecular weight excluding hydrogens is 1160 g/mol. The molecule has 93 heavy (non-hydrogen) atoms. The predicted octanol–water partition coefficient (Wildman–Crippen LogP) is 24.9. The maximum Gasteiger partial charge on any atom is 0.268 e. The van der Waals surface area contributed by atoms with Gasteiger partial charge in [-0.2, -0.15) is 0 Å². The molecule has 0 aromatic rings. The number of hydrogen-bond donors (Lipinski definition) is 2. The van der Waals surface area contributed by atoms with Crippen molar-refractivity contribution in [2.75, 3.05) is 40.9 Å². The van der Waals surface area contributed by atoms with Crippen LogP contribution in [-0.4, -0.2) is 68.5 Å². The van der Waals surface area contributed by atoms with Gasteiger partial charge < -0.3 is 28.8 Å². The van der Waals surface area contributed by atoms with Crippen LogP contribution in [0.15, 0.2) is 146 Å². The topological polar surface area (TPSA) is 108 Å². The number of phosphoric ester groups is 1. The number of carbonyl (C=O) groups is 1. The Labute approximate surface area is 576 Å². The number of amides is 1. The van der Waals surface area contributed by atoms with Gasteiger partial charge in [0.1, 0.15) is 13.2 Å². The van der Waals surface area contributed by atoms with E-state index >= 15 is 0 Å². The third kappa shape index (κ3) is 75.6. The third-order valence-electron chi connectivity index (χ3n) is 16.8. The molecular formula is C84H147N2O6P. The van der Waals surface area contributed by atoms with Crippen LogP contribution in [0.3, 0.4) is 0 Å². The molecule has 0 radical (unpaired) electrons. The van der Waals surface area contributed by atoms with Crippen molar-refractivity contribution in [2.45, 2.75) is 341 Å². The van der Waals surface area contributed by atoms with E-state index in [1.807, 2.05) is 21.1 Å². The Bertz CT molecular complexity index is 2030. The first kappa shape index (κ1) is 89.4. The summed E-state index contributed by atoms with van der Waals surface area (Å²) < 4.78 is 23.5. The van der Waals surface area contributed by atoms with Gasteiger partial charge in [-0.3, -0.25) is 9.36 Å². The first-order chi connectivity index (χ1) is 45.5. The first-order valence-electron chi connectivity index (χ1n) is 38.7. The minimum atomic E-state index is -4.61. The van der Waals surface area contributed by atoms with Crippen molar-refractivity contribution >= 4 is 13.7 Å². The second kappa shape index (κ2) is 72.6. The second-order valence-electron chi connectivity index (χ2n) is 27.0. The SMILES string of the molecule is CC/C=C\C/C=C\C/C=C\C/C=C\C/C=C\C/C=C\C/C=C\C/C=C\C/C=C\C/C=C\C/C=C\C/C=C\CCCCC(=O)NC(COP(=O)([O-])OCC[N+](C)(C)C)C(O)CCCCCCCCCCCCCCCCCCCCCCCCCCCCCCCCCC. The van der Waals surface area contributed by atoms with Crippen molar-refractivity contribution in [2.24, 2.45) is 0 Å². The average molecular weight is 1310 g/mol. The summed E-state index contributed by atoms with van der Waals surface area (Å²) >= 11 is 0. The molecule has 8 nitrogen and oxygen atoms in total. The largest absolute Gasteiger partial charge is 0.756 e. The lowest BCUT2D eigenvalue weighted by Gasteiger charge is -2.30. The molecule has 0 aromatic heterocycles. The molecule has 0 rings (SSSR count). The van der Waals surface area contributed by atoms with Gasteiger partial charge in [0.05, 0.1) is 39.9 Å². The van der Waals surface area contributed by atoms with Crippen LogP contribution in [0.2, 0.25) is 0 Å². The van der Waals surface area contributed by atoms with Crippen molar-refractivity contribution < 1.29 is 32.9 Å². The zero-order chi connectivity index (χ0) is 67.6. The number of quaternary nitrogens is 1. The number of aliphatic hydroxyl groups excluding tert-OH is 1. The summed E-state index contributed by atoms with van der Waals surface area (Å²) in [7, 11) is 1.26. The van der Waals surface area contributed by atoms with E-state index in [2.05, 4.69) is 165 Å². The average Bonchev–Trinajstić information content (AvgIpc) is 1.94.